The van der Waals surface area contributed by atoms with Crippen LogP contribution >= 0.6 is 0 Å². The molecule has 0 aliphatic heterocycles. The van der Waals surface area contributed by atoms with Crippen LogP contribution in [0.1, 0.15) is 34.1 Å². The minimum absolute atomic E-state index is 0.0115. The molecule has 19 heavy (non-hydrogen) atoms. The van der Waals surface area contributed by atoms with E-state index in [1.54, 1.807) is 30.4 Å². The molecule has 0 aliphatic rings. The molecule has 100 valence electrons. The Labute approximate surface area is 112 Å². The average Bonchev–Trinajstić information content (AvgIpc) is 2.82. The molecule has 0 amide bonds. The summed E-state index contributed by atoms with van der Waals surface area (Å²) in [6.45, 7) is 5.99. The molecule has 0 spiro atoms. The lowest BCUT2D eigenvalue weighted by Gasteiger charge is -2.12. The number of ether oxygens (including phenoxy) is 1. The zero-order valence-corrected chi connectivity index (χ0v) is 11.6. The fraction of sp³-hybridized carbons (Fsp3) is 0.357. The molecule has 5 nitrogen and oxygen atoms in total. The van der Waals surface area contributed by atoms with E-state index in [4.69, 9.17) is 4.74 Å². The third-order valence-corrected chi connectivity index (χ3v) is 3.10. The largest absolute Gasteiger partial charge is 0.496 e. The molecule has 5 heteroatoms. The summed E-state index contributed by atoms with van der Waals surface area (Å²) in [7, 11) is 1.65. The fourth-order valence-corrected chi connectivity index (χ4v) is 2.02. The Hall–Kier alpha value is -2.17. The van der Waals surface area contributed by atoms with Crippen molar-refractivity contribution in [3.63, 3.8) is 0 Å². The van der Waals surface area contributed by atoms with Crippen LogP contribution in [0, 0.1) is 13.8 Å². The summed E-state index contributed by atoms with van der Waals surface area (Å²) in [5.41, 5.74) is 3.51. The second-order valence-corrected chi connectivity index (χ2v) is 4.53. The van der Waals surface area contributed by atoms with Gasteiger partial charge in [-0.05, 0) is 20.8 Å². The number of rotatable bonds is 4. The Balaban J connectivity index is 2.30. The van der Waals surface area contributed by atoms with E-state index in [0.717, 1.165) is 22.6 Å². The van der Waals surface area contributed by atoms with Crippen LogP contribution in [0.5, 0.6) is 5.75 Å². The number of aromatic nitrogens is 3. The third-order valence-electron chi connectivity index (χ3n) is 3.10. The highest BCUT2D eigenvalue weighted by atomic mass is 16.5. The van der Waals surface area contributed by atoms with E-state index >= 15 is 0 Å². The molecule has 0 fully saturated rings. The van der Waals surface area contributed by atoms with Gasteiger partial charge in [-0.15, -0.1) is 0 Å². The minimum Gasteiger partial charge on any atom is -0.496 e. The number of pyridine rings is 1. The van der Waals surface area contributed by atoms with Crippen LogP contribution in [-0.2, 0) is 6.54 Å². The van der Waals surface area contributed by atoms with Crippen LogP contribution in [-0.4, -0.2) is 27.7 Å². The molecule has 2 aromatic rings. The molecule has 0 unspecified atom stereocenters. The van der Waals surface area contributed by atoms with Crippen molar-refractivity contribution < 1.29 is 9.53 Å². The van der Waals surface area contributed by atoms with Crippen molar-refractivity contribution in [2.45, 2.75) is 27.3 Å². The van der Waals surface area contributed by atoms with Gasteiger partial charge in [0.15, 0.2) is 5.78 Å². The van der Waals surface area contributed by atoms with Crippen LogP contribution < -0.4 is 4.74 Å². The number of hydrogen-bond donors (Lipinski definition) is 0. The quantitative estimate of drug-likeness (QED) is 0.789. The van der Waals surface area contributed by atoms with Gasteiger partial charge in [-0.3, -0.25) is 14.5 Å². The van der Waals surface area contributed by atoms with Gasteiger partial charge in [0, 0.05) is 23.5 Å². The Bertz CT molecular complexity index is 617. The number of carbonyl (C=O) groups excluding carboxylic acids is 1. The molecule has 2 aromatic heterocycles. The standard InChI is InChI=1S/C14H17N3O2/c1-9-5-15-13(10(2)14(9)19-4)8-17-7-12(6-16-17)11(3)18/h5-7H,8H2,1-4H3. The number of Topliss-reactive ketones (excluding diaryl/α,β-unsaturated/α-hetero) is 1. The fourth-order valence-electron chi connectivity index (χ4n) is 2.02. The summed E-state index contributed by atoms with van der Waals surface area (Å²) in [6, 6.07) is 0. The van der Waals surface area contributed by atoms with E-state index < -0.39 is 0 Å². The lowest BCUT2D eigenvalue weighted by molar-refractivity contribution is 0.101. The topological polar surface area (TPSA) is 57.0 Å². The molecule has 2 heterocycles. The SMILES string of the molecule is COc1c(C)cnc(Cn2cc(C(C)=O)cn2)c1C. The third kappa shape index (κ3) is 2.65. The van der Waals surface area contributed by atoms with Gasteiger partial charge < -0.3 is 4.74 Å². The van der Waals surface area contributed by atoms with Gasteiger partial charge >= 0.3 is 0 Å². The molecule has 0 saturated carbocycles. The van der Waals surface area contributed by atoms with Crippen LogP contribution in [0.3, 0.4) is 0 Å². The Morgan fingerprint density at radius 3 is 2.68 bits per heavy atom. The first-order chi connectivity index (χ1) is 9.02. The van der Waals surface area contributed by atoms with Crippen molar-refractivity contribution in [2.24, 2.45) is 0 Å². The van der Waals surface area contributed by atoms with Crippen molar-refractivity contribution in [3.05, 3.63) is 41.0 Å². The first kappa shape index (κ1) is 13.3. The van der Waals surface area contributed by atoms with Gasteiger partial charge in [0.25, 0.3) is 0 Å². The van der Waals surface area contributed by atoms with Crippen molar-refractivity contribution in [2.75, 3.05) is 7.11 Å². The van der Waals surface area contributed by atoms with Crippen LogP contribution in [0.2, 0.25) is 0 Å². The number of carbonyl (C=O) groups is 1. The zero-order chi connectivity index (χ0) is 14.0. The number of aryl methyl sites for hydroxylation is 1. The van der Waals surface area contributed by atoms with Crippen LogP contribution in [0.15, 0.2) is 18.6 Å². The lowest BCUT2D eigenvalue weighted by atomic mass is 10.1. The van der Waals surface area contributed by atoms with Gasteiger partial charge in [-0.1, -0.05) is 0 Å². The molecule has 0 radical (unpaired) electrons. The van der Waals surface area contributed by atoms with Crippen molar-refractivity contribution in [1.82, 2.24) is 14.8 Å². The highest BCUT2D eigenvalue weighted by Crippen LogP contribution is 2.24. The molecule has 2 rings (SSSR count). The molecular formula is C14H17N3O2. The lowest BCUT2D eigenvalue weighted by Crippen LogP contribution is -2.06. The van der Waals surface area contributed by atoms with Gasteiger partial charge in [0.2, 0.25) is 0 Å². The van der Waals surface area contributed by atoms with Gasteiger partial charge in [0.05, 0.1) is 31.1 Å². The average molecular weight is 259 g/mol. The number of hydrogen-bond acceptors (Lipinski definition) is 4. The van der Waals surface area contributed by atoms with E-state index in [-0.39, 0.29) is 5.78 Å². The predicted octanol–water partition coefficient (Wildman–Crippen LogP) is 2.15. The summed E-state index contributed by atoms with van der Waals surface area (Å²) < 4.78 is 7.08. The predicted molar refractivity (Wildman–Crippen MR) is 71.6 cm³/mol. The van der Waals surface area contributed by atoms with Gasteiger partial charge in [0.1, 0.15) is 5.75 Å². The highest BCUT2D eigenvalue weighted by Gasteiger charge is 2.11. The molecular weight excluding hydrogens is 242 g/mol. The molecule has 0 bridgehead atoms. The van der Waals surface area contributed by atoms with Crippen molar-refractivity contribution >= 4 is 5.78 Å². The molecule has 0 saturated heterocycles. The zero-order valence-electron chi connectivity index (χ0n) is 11.6. The second-order valence-electron chi connectivity index (χ2n) is 4.53. The summed E-state index contributed by atoms with van der Waals surface area (Å²) >= 11 is 0. The van der Waals surface area contributed by atoms with E-state index in [1.807, 2.05) is 13.8 Å². The van der Waals surface area contributed by atoms with Crippen LogP contribution in [0.25, 0.3) is 0 Å². The van der Waals surface area contributed by atoms with Crippen molar-refractivity contribution in [3.8, 4) is 5.75 Å². The van der Waals surface area contributed by atoms with Gasteiger partial charge in [-0.2, -0.15) is 5.10 Å². The Kier molecular flexibility index (Phi) is 3.64. The maximum absolute atomic E-state index is 11.2. The number of methoxy groups -OCH3 is 1. The second kappa shape index (κ2) is 5.22. The summed E-state index contributed by atoms with van der Waals surface area (Å²) in [6.07, 6.45) is 5.09. The molecule has 0 N–H and O–H groups in total. The highest BCUT2D eigenvalue weighted by molar-refractivity contribution is 5.93. The van der Waals surface area contributed by atoms with Crippen LogP contribution in [0.4, 0.5) is 0 Å². The van der Waals surface area contributed by atoms with E-state index in [9.17, 15) is 4.79 Å². The maximum Gasteiger partial charge on any atom is 0.162 e. The molecule has 0 aliphatic carbocycles. The number of nitrogens with zero attached hydrogens (tertiary/aromatic N) is 3. The monoisotopic (exact) mass is 259 g/mol. The summed E-state index contributed by atoms with van der Waals surface area (Å²) in [5.74, 6) is 0.862. The minimum atomic E-state index is 0.0115. The summed E-state index contributed by atoms with van der Waals surface area (Å²) in [4.78, 5) is 15.6. The Morgan fingerprint density at radius 1 is 1.37 bits per heavy atom. The Morgan fingerprint density at radius 2 is 2.11 bits per heavy atom. The van der Waals surface area contributed by atoms with Crippen molar-refractivity contribution in [1.29, 1.82) is 0 Å². The van der Waals surface area contributed by atoms with Gasteiger partial charge in [-0.25, -0.2) is 0 Å². The normalized spacial score (nSPS) is 10.5. The number of ketones is 1. The maximum atomic E-state index is 11.2. The van der Waals surface area contributed by atoms with E-state index in [1.165, 1.54) is 6.92 Å². The molecule has 0 atom stereocenters. The first-order valence-electron chi connectivity index (χ1n) is 6.05. The smallest absolute Gasteiger partial charge is 0.162 e. The van der Waals surface area contributed by atoms with E-state index in [2.05, 4.69) is 10.1 Å². The first-order valence-corrected chi connectivity index (χ1v) is 6.05. The van der Waals surface area contributed by atoms with E-state index in [0.29, 0.717) is 12.1 Å². The summed E-state index contributed by atoms with van der Waals surface area (Å²) in [5, 5.41) is 4.17. The molecule has 0 aromatic carbocycles.